The van der Waals surface area contributed by atoms with Crippen LogP contribution in [0.5, 0.6) is 11.5 Å². The maximum Gasteiger partial charge on any atom is 0.231 e. The smallest absolute Gasteiger partial charge is 0.231 e. The zero-order valence-electron chi connectivity index (χ0n) is 13.9. The number of nitrogens with zero attached hydrogens (tertiary/aromatic N) is 1. The molecule has 2 heterocycles. The summed E-state index contributed by atoms with van der Waals surface area (Å²) in [5.41, 5.74) is 1.51. The molecule has 2 aromatic carbocycles. The molecule has 1 N–H and O–H groups in total. The largest absolute Gasteiger partial charge is 0.454 e. The van der Waals surface area contributed by atoms with E-state index in [1.807, 2.05) is 18.2 Å². The third-order valence-electron chi connectivity index (χ3n) is 4.44. The van der Waals surface area contributed by atoms with E-state index in [1.165, 1.54) is 0 Å². The summed E-state index contributed by atoms with van der Waals surface area (Å²) in [6.07, 6.45) is 0.478. The molecule has 2 aliphatic heterocycles. The number of anilines is 1. The Balaban J connectivity index is 1.38. The minimum atomic E-state index is -0.236. The van der Waals surface area contributed by atoms with E-state index in [2.05, 4.69) is 5.32 Å². The zero-order chi connectivity index (χ0) is 18.1. The fraction of sp³-hybridized carbons (Fsp3) is 0.263. The second-order valence-corrected chi connectivity index (χ2v) is 6.70. The van der Waals surface area contributed by atoms with Crippen LogP contribution < -0.4 is 19.7 Å². The van der Waals surface area contributed by atoms with Crippen molar-refractivity contribution >= 4 is 29.1 Å². The first-order valence-electron chi connectivity index (χ1n) is 8.33. The van der Waals surface area contributed by atoms with Crippen molar-refractivity contribution < 1.29 is 19.1 Å². The molecule has 6 nitrogen and oxygen atoms in total. The molecule has 2 aromatic rings. The normalized spacial score (nSPS) is 18.3. The molecule has 0 unspecified atom stereocenters. The van der Waals surface area contributed by atoms with Gasteiger partial charge in [0.15, 0.2) is 11.5 Å². The van der Waals surface area contributed by atoms with Gasteiger partial charge in [-0.05, 0) is 29.8 Å². The fourth-order valence-corrected chi connectivity index (χ4v) is 3.46. The van der Waals surface area contributed by atoms with Gasteiger partial charge < -0.3 is 19.7 Å². The van der Waals surface area contributed by atoms with Crippen LogP contribution >= 0.6 is 11.6 Å². The van der Waals surface area contributed by atoms with Crippen LogP contribution in [0.2, 0.25) is 5.02 Å². The van der Waals surface area contributed by atoms with Gasteiger partial charge in [0.05, 0.1) is 23.2 Å². The van der Waals surface area contributed by atoms with Crippen molar-refractivity contribution in [3.8, 4) is 11.5 Å². The lowest BCUT2D eigenvalue weighted by Gasteiger charge is -2.18. The summed E-state index contributed by atoms with van der Waals surface area (Å²) >= 11 is 6.17. The molecule has 0 saturated carbocycles. The molecule has 26 heavy (non-hydrogen) atoms. The topological polar surface area (TPSA) is 67.9 Å². The lowest BCUT2D eigenvalue weighted by molar-refractivity contribution is -0.121. The maximum atomic E-state index is 12.3. The lowest BCUT2D eigenvalue weighted by Crippen LogP contribution is -2.38. The highest BCUT2D eigenvalue weighted by molar-refractivity contribution is 6.33. The number of amides is 2. The molecule has 2 aliphatic rings. The van der Waals surface area contributed by atoms with E-state index in [4.69, 9.17) is 21.1 Å². The number of fused-ring (bicyclic) bond motifs is 1. The zero-order valence-corrected chi connectivity index (χ0v) is 14.7. The second kappa shape index (κ2) is 6.88. The molecular weight excluding hydrogens is 356 g/mol. The standard InChI is InChI=1S/C19H17ClN2O4/c20-14-3-1-2-4-15(14)22-10-13(9-19(22)24)21-18(23)8-12-5-6-16-17(7-12)26-11-25-16/h1-7,13H,8-11H2,(H,21,23)/t13-/m0/s1. The number of ether oxygens (including phenoxy) is 2. The average molecular weight is 373 g/mol. The van der Waals surface area contributed by atoms with Gasteiger partial charge in [-0.1, -0.05) is 29.8 Å². The van der Waals surface area contributed by atoms with Gasteiger partial charge in [0, 0.05) is 13.0 Å². The van der Waals surface area contributed by atoms with Crippen molar-refractivity contribution in [2.75, 3.05) is 18.2 Å². The van der Waals surface area contributed by atoms with E-state index in [0.29, 0.717) is 28.8 Å². The van der Waals surface area contributed by atoms with Crippen LogP contribution in [0.3, 0.4) is 0 Å². The minimum Gasteiger partial charge on any atom is -0.454 e. The first-order valence-corrected chi connectivity index (χ1v) is 8.71. The summed E-state index contributed by atoms with van der Waals surface area (Å²) < 4.78 is 10.6. The predicted octanol–water partition coefficient (Wildman–Crippen LogP) is 2.53. The van der Waals surface area contributed by atoms with Gasteiger partial charge >= 0.3 is 0 Å². The number of para-hydroxylation sites is 1. The number of benzene rings is 2. The van der Waals surface area contributed by atoms with Crippen molar-refractivity contribution in [2.24, 2.45) is 0 Å². The first-order chi connectivity index (χ1) is 12.6. The van der Waals surface area contributed by atoms with Crippen molar-refractivity contribution in [3.63, 3.8) is 0 Å². The van der Waals surface area contributed by atoms with Crippen LogP contribution in [0.25, 0.3) is 0 Å². The van der Waals surface area contributed by atoms with E-state index in [1.54, 1.807) is 29.2 Å². The predicted molar refractivity (Wildman–Crippen MR) is 96.6 cm³/mol. The summed E-state index contributed by atoms with van der Waals surface area (Å²) in [5, 5.41) is 3.45. The van der Waals surface area contributed by atoms with Gasteiger partial charge in [0.25, 0.3) is 0 Å². The molecule has 1 saturated heterocycles. The molecule has 0 aromatic heterocycles. The number of halogens is 1. The van der Waals surface area contributed by atoms with Crippen LogP contribution in [0.15, 0.2) is 42.5 Å². The molecule has 0 spiro atoms. The highest BCUT2D eigenvalue weighted by Gasteiger charge is 2.32. The van der Waals surface area contributed by atoms with Gasteiger partial charge in [-0.3, -0.25) is 9.59 Å². The summed E-state index contributed by atoms with van der Waals surface area (Å²) in [6, 6.07) is 12.4. The van der Waals surface area contributed by atoms with Crippen molar-refractivity contribution in [1.82, 2.24) is 5.32 Å². The first kappa shape index (κ1) is 16.7. The molecule has 4 rings (SSSR count). The summed E-state index contributed by atoms with van der Waals surface area (Å²) in [4.78, 5) is 26.3. The Kier molecular flexibility index (Phi) is 4.42. The number of hydrogen-bond acceptors (Lipinski definition) is 4. The quantitative estimate of drug-likeness (QED) is 0.895. The summed E-state index contributed by atoms with van der Waals surface area (Å²) in [5.74, 6) is 1.15. The molecule has 134 valence electrons. The average Bonchev–Trinajstić information content (AvgIpc) is 3.21. The number of hydrogen-bond donors (Lipinski definition) is 1. The van der Waals surface area contributed by atoms with Crippen LogP contribution in [-0.4, -0.2) is 31.2 Å². The van der Waals surface area contributed by atoms with E-state index < -0.39 is 0 Å². The number of nitrogens with one attached hydrogen (secondary N) is 1. The SMILES string of the molecule is O=C(Cc1ccc2c(c1)OCO2)N[C@H]1CC(=O)N(c2ccccc2Cl)C1. The monoisotopic (exact) mass is 372 g/mol. The Bertz CT molecular complexity index is 870. The molecule has 0 aliphatic carbocycles. The van der Waals surface area contributed by atoms with Crippen molar-refractivity contribution in [1.29, 1.82) is 0 Å². The van der Waals surface area contributed by atoms with Crippen molar-refractivity contribution in [2.45, 2.75) is 18.9 Å². The maximum absolute atomic E-state index is 12.3. The van der Waals surface area contributed by atoms with Gasteiger partial charge in [-0.2, -0.15) is 0 Å². The molecule has 1 atom stereocenters. The fourth-order valence-electron chi connectivity index (χ4n) is 3.22. The molecule has 1 fully saturated rings. The number of rotatable bonds is 4. The van der Waals surface area contributed by atoms with Gasteiger partial charge in [0.1, 0.15) is 0 Å². The number of carbonyl (C=O) groups excluding carboxylic acids is 2. The van der Waals surface area contributed by atoms with Crippen LogP contribution in [0.4, 0.5) is 5.69 Å². The molecule has 2 amide bonds. The Labute approximate surface area is 155 Å². The van der Waals surface area contributed by atoms with E-state index in [9.17, 15) is 9.59 Å². The number of carbonyl (C=O) groups is 2. The molecule has 7 heteroatoms. The van der Waals surface area contributed by atoms with E-state index in [-0.39, 0.29) is 37.5 Å². The van der Waals surface area contributed by atoms with Crippen LogP contribution in [-0.2, 0) is 16.0 Å². The van der Waals surface area contributed by atoms with Gasteiger partial charge in [-0.25, -0.2) is 0 Å². The molecule has 0 bridgehead atoms. The third-order valence-corrected chi connectivity index (χ3v) is 4.75. The highest BCUT2D eigenvalue weighted by atomic mass is 35.5. The Morgan fingerprint density at radius 2 is 2.00 bits per heavy atom. The van der Waals surface area contributed by atoms with Crippen molar-refractivity contribution in [3.05, 3.63) is 53.1 Å². The Morgan fingerprint density at radius 3 is 2.85 bits per heavy atom. The third kappa shape index (κ3) is 3.32. The molecule has 0 radical (unpaired) electrons. The Hall–Kier alpha value is -2.73. The summed E-state index contributed by atoms with van der Waals surface area (Å²) in [7, 11) is 0. The lowest BCUT2D eigenvalue weighted by atomic mass is 10.1. The van der Waals surface area contributed by atoms with Crippen LogP contribution in [0, 0.1) is 0 Å². The Morgan fingerprint density at radius 1 is 1.19 bits per heavy atom. The minimum absolute atomic E-state index is 0.0496. The highest BCUT2D eigenvalue weighted by Crippen LogP contribution is 2.33. The van der Waals surface area contributed by atoms with Gasteiger partial charge in [0.2, 0.25) is 18.6 Å². The summed E-state index contributed by atoms with van der Waals surface area (Å²) in [6.45, 7) is 0.614. The van der Waals surface area contributed by atoms with E-state index >= 15 is 0 Å². The van der Waals surface area contributed by atoms with Crippen LogP contribution in [0.1, 0.15) is 12.0 Å². The van der Waals surface area contributed by atoms with E-state index in [0.717, 1.165) is 5.56 Å². The second-order valence-electron chi connectivity index (χ2n) is 6.29. The molecular formula is C19H17ClN2O4. The van der Waals surface area contributed by atoms with Gasteiger partial charge in [-0.15, -0.1) is 0 Å².